The van der Waals surface area contributed by atoms with Gasteiger partial charge in [-0.15, -0.1) is 11.3 Å². The fourth-order valence-corrected chi connectivity index (χ4v) is 1.68. The van der Waals surface area contributed by atoms with E-state index in [-0.39, 0.29) is 5.91 Å². The molecule has 2 aromatic rings. The monoisotopic (exact) mass is 222 g/mol. The second kappa shape index (κ2) is 4.14. The first kappa shape index (κ1) is 9.72. The van der Waals surface area contributed by atoms with Gasteiger partial charge in [-0.05, 0) is 11.6 Å². The molecule has 1 amide bonds. The molecule has 0 aliphatic carbocycles. The van der Waals surface area contributed by atoms with E-state index in [9.17, 15) is 4.79 Å². The van der Waals surface area contributed by atoms with E-state index in [2.05, 4.69) is 15.3 Å². The molecule has 0 aromatic carbocycles. The van der Waals surface area contributed by atoms with Gasteiger partial charge in [-0.2, -0.15) is 0 Å². The Labute approximate surface area is 90.3 Å². The quantitative estimate of drug-likeness (QED) is 0.724. The van der Waals surface area contributed by atoms with E-state index in [1.54, 1.807) is 5.38 Å². The maximum absolute atomic E-state index is 11.5. The number of carbonyl (C=O) groups excluding carboxylic acids is 1. The molecule has 0 fully saturated rings. The summed E-state index contributed by atoms with van der Waals surface area (Å²) in [6.45, 7) is 0.486. The normalized spacial score (nSPS) is 10.1. The number of hydrogen-bond acceptors (Lipinski definition) is 4. The van der Waals surface area contributed by atoms with E-state index in [0.29, 0.717) is 17.4 Å². The number of aromatic nitrogens is 2. The van der Waals surface area contributed by atoms with Gasteiger partial charge in [0.2, 0.25) is 0 Å². The van der Waals surface area contributed by atoms with Gasteiger partial charge < -0.3 is 16.0 Å². The summed E-state index contributed by atoms with van der Waals surface area (Å²) in [5.74, 6) is -0.204. The van der Waals surface area contributed by atoms with Gasteiger partial charge in [-0.25, -0.2) is 4.98 Å². The van der Waals surface area contributed by atoms with Gasteiger partial charge in [0.1, 0.15) is 5.69 Å². The van der Waals surface area contributed by atoms with Crippen LogP contribution in [-0.4, -0.2) is 15.9 Å². The highest BCUT2D eigenvalue weighted by molar-refractivity contribution is 7.13. The van der Waals surface area contributed by atoms with Crippen LogP contribution in [0.1, 0.15) is 16.1 Å². The maximum Gasteiger partial charge on any atom is 0.271 e. The summed E-state index contributed by atoms with van der Waals surface area (Å²) in [6, 6.07) is 1.90. The number of nitrogens with zero attached hydrogens (tertiary/aromatic N) is 1. The third kappa shape index (κ3) is 2.35. The van der Waals surface area contributed by atoms with Crippen molar-refractivity contribution < 1.29 is 4.79 Å². The molecule has 0 bridgehead atoms. The number of nitrogens with two attached hydrogens (primary N) is 1. The van der Waals surface area contributed by atoms with Crippen molar-refractivity contribution in [1.82, 2.24) is 15.3 Å². The summed E-state index contributed by atoms with van der Waals surface area (Å²) in [4.78, 5) is 18.3. The van der Waals surface area contributed by atoms with Crippen molar-refractivity contribution in [2.24, 2.45) is 0 Å². The molecule has 4 N–H and O–H groups in total. The van der Waals surface area contributed by atoms with Crippen molar-refractivity contribution in [1.29, 1.82) is 0 Å². The molecule has 6 heteroatoms. The van der Waals surface area contributed by atoms with Crippen LogP contribution < -0.4 is 11.1 Å². The van der Waals surface area contributed by atoms with Gasteiger partial charge in [0.25, 0.3) is 5.91 Å². The summed E-state index contributed by atoms with van der Waals surface area (Å²) >= 11 is 1.26. The number of rotatable bonds is 3. The van der Waals surface area contributed by atoms with Crippen LogP contribution in [0.15, 0.2) is 23.8 Å². The topological polar surface area (TPSA) is 83.8 Å². The minimum absolute atomic E-state index is 0.204. The lowest BCUT2D eigenvalue weighted by atomic mass is 10.3. The number of aromatic amines is 1. The predicted octanol–water partition coefficient (Wildman–Crippen LogP) is 0.983. The number of amides is 1. The zero-order valence-electron chi connectivity index (χ0n) is 7.86. The average Bonchev–Trinajstić information content (AvgIpc) is 2.84. The molecule has 0 atom stereocenters. The minimum Gasteiger partial charge on any atom is -0.375 e. The van der Waals surface area contributed by atoms with Crippen molar-refractivity contribution in [2.45, 2.75) is 6.54 Å². The zero-order chi connectivity index (χ0) is 10.7. The maximum atomic E-state index is 11.5. The van der Waals surface area contributed by atoms with Gasteiger partial charge in [0.05, 0.1) is 0 Å². The summed E-state index contributed by atoms with van der Waals surface area (Å²) < 4.78 is 0. The number of anilines is 1. The molecule has 0 radical (unpaired) electrons. The minimum atomic E-state index is -0.204. The van der Waals surface area contributed by atoms with Crippen LogP contribution in [0.3, 0.4) is 0 Å². The fraction of sp³-hybridized carbons (Fsp3) is 0.111. The summed E-state index contributed by atoms with van der Waals surface area (Å²) in [7, 11) is 0. The molecule has 5 nitrogen and oxygen atoms in total. The van der Waals surface area contributed by atoms with Crippen LogP contribution in [0.4, 0.5) is 5.13 Å². The zero-order valence-corrected chi connectivity index (χ0v) is 8.67. The lowest BCUT2D eigenvalue weighted by molar-refractivity contribution is 0.0946. The Bertz CT molecular complexity index is 448. The summed E-state index contributed by atoms with van der Waals surface area (Å²) in [5, 5.41) is 4.79. The SMILES string of the molecule is Nc1nc(C(=O)NCc2cc[nH]c2)cs1. The van der Waals surface area contributed by atoms with Crippen molar-refractivity contribution in [3.8, 4) is 0 Å². The second-order valence-corrected chi connectivity index (χ2v) is 3.86. The van der Waals surface area contributed by atoms with Crippen LogP contribution in [0, 0.1) is 0 Å². The first-order valence-corrected chi connectivity index (χ1v) is 5.24. The first-order valence-electron chi connectivity index (χ1n) is 4.36. The molecule has 2 heterocycles. The molecule has 0 unspecified atom stereocenters. The predicted molar refractivity (Wildman–Crippen MR) is 58.5 cm³/mol. The molecule has 0 spiro atoms. The third-order valence-electron chi connectivity index (χ3n) is 1.87. The molecule has 15 heavy (non-hydrogen) atoms. The molecule has 2 aromatic heterocycles. The molecule has 0 saturated heterocycles. The number of nitrogens with one attached hydrogen (secondary N) is 2. The van der Waals surface area contributed by atoms with Gasteiger partial charge in [0.15, 0.2) is 5.13 Å². The van der Waals surface area contributed by atoms with E-state index in [1.807, 2.05) is 18.5 Å². The highest BCUT2D eigenvalue weighted by Gasteiger charge is 2.08. The van der Waals surface area contributed by atoms with Gasteiger partial charge in [-0.1, -0.05) is 0 Å². The summed E-state index contributed by atoms with van der Waals surface area (Å²) in [6.07, 6.45) is 3.64. The van der Waals surface area contributed by atoms with E-state index in [4.69, 9.17) is 5.73 Å². The van der Waals surface area contributed by atoms with Gasteiger partial charge in [0, 0.05) is 24.3 Å². The largest absolute Gasteiger partial charge is 0.375 e. The Morgan fingerprint density at radius 3 is 3.13 bits per heavy atom. The molecule has 2 rings (SSSR count). The molecule has 0 aliphatic heterocycles. The third-order valence-corrected chi connectivity index (χ3v) is 2.54. The lowest BCUT2D eigenvalue weighted by Crippen LogP contribution is -2.22. The van der Waals surface area contributed by atoms with E-state index < -0.39 is 0 Å². The molecule has 0 saturated carbocycles. The Morgan fingerprint density at radius 1 is 1.67 bits per heavy atom. The Morgan fingerprint density at radius 2 is 2.53 bits per heavy atom. The smallest absolute Gasteiger partial charge is 0.271 e. The fourth-order valence-electron chi connectivity index (χ4n) is 1.13. The van der Waals surface area contributed by atoms with Crippen molar-refractivity contribution >= 4 is 22.4 Å². The number of nitrogen functional groups attached to an aromatic ring is 1. The van der Waals surface area contributed by atoms with E-state index in [0.717, 1.165) is 5.56 Å². The Hall–Kier alpha value is -1.82. The van der Waals surface area contributed by atoms with Crippen LogP contribution in [0.5, 0.6) is 0 Å². The van der Waals surface area contributed by atoms with Crippen molar-refractivity contribution in [2.75, 3.05) is 5.73 Å². The van der Waals surface area contributed by atoms with Crippen molar-refractivity contribution in [3.63, 3.8) is 0 Å². The Balaban J connectivity index is 1.93. The average molecular weight is 222 g/mol. The number of thiazole rings is 1. The van der Waals surface area contributed by atoms with Crippen LogP contribution in [-0.2, 0) is 6.54 Å². The number of hydrogen-bond donors (Lipinski definition) is 3. The number of H-pyrrole nitrogens is 1. The Kier molecular flexibility index (Phi) is 2.68. The summed E-state index contributed by atoms with van der Waals surface area (Å²) in [5.41, 5.74) is 6.82. The lowest BCUT2D eigenvalue weighted by Gasteiger charge is -1.99. The van der Waals surface area contributed by atoms with Crippen LogP contribution >= 0.6 is 11.3 Å². The highest BCUT2D eigenvalue weighted by atomic mass is 32.1. The number of carbonyl (C=O) groups is 1. The molecular formula is C9H10N4OS. The van der Waals surface area contributed by atoms with Gasteiger partial charge >= 0.3 is 0 Å². The molecule has 78 valence electrons. The van der Waals surface area contributed by atoms with Crippen LogP contribution in [0.2, 0.25) is 0 Å². The second-order valence-electron chi connectivity index (χ2n) is 2.97. The molecular weight excluding hydrogens is 212 g/mol. The van der Waals surface area contributed by atoms with Crippen molar-refractivity contribution in [3.05, 3.63) is 35.1 Å². The molecule has 0 aliphatic rings. The van der Waals surface area contributed by atoms with E-state index in [1.165, 1.54) is 11.3 Å². The van der Waals surface area contributed by atoms with Crippen LogP contribution in [0.25, 0.3) is 0 Å². The standard InChI is InChI=1S/C9H10N4OS/c10-9-13-7(5-15-9)8(14)12-4-6-1-2-11-3-6/h1-3,5,11H,4H2,(H2,10,13)(H,12,14). The van der Waals surface area contributed by atoms with E-state index >= 15 is 0 Å². The highest BCUT2D eigenvalue weighted by Crippen LogP contribution is 2.10. The first-order chi connectivity index (χ1) is 7.25. The van der Waals surface area contributed by atoms with Gasteiger partial charge in [-0.3, -0.25) is 4.79 Å².